The van der Waals surface area contributed by atoms with Gasteiger partial charge in [-0.25, -0.2) is 14.5 Å². The lowest BCUT2D eigenvalue weighted by Gasteiger charge is -2.28. The van der Waals surface area contributed by atoms with Gasteiger partial charge in [-0.1, -0.05) is 5.21 Å². The molecule has 3 aliphatic rings. The highest BCUT2D eigenvalue weighted by atomic mass is 16.6. The first-order valence-corrected chi connectivity index (χ1v) is 12.5. The molecule has 5 rings (SSSR count). The number of amides is 1. The minimum atomic E-state index is -0.340. The van der Waals surface area contributed by atoms with E-state index in [4.69, 9.17) is 19.2 Å². The largest absolute Gasteiger partial charge is 0.488 e. The second-order valence-electron chi connectivity index (χ2n) is 9.89. The number of aryl methyl sites for hydroxylation is 1. The van der Waals surface area contributed by atoms with Gasteiger partial charge < -0.3 is 19.1 Å². The van der Waals surface area contributed by atoms with Gasteiger partial charge in [0.15, 0.2) is 0 Å². The summed E-state index contributed by atoms with van der Waals surface area (Å²) in [5.41, 5.74) is 2.90. The van der Waals surface area contributed by atoms with E-state index in [-0.39, 0.29) is 36.7 Å². The summed E-state index contributed by atoms with van der Waals surface area (Å²) in [7, 11) is 4.99. The van der Waals surface area contributed by atoms with Gasteiger partial charge in [-0.3, -0.25) is 4.79 Å². The molecular formula is C25H33N5O5. The first kappa shape index (κ1) is 23.6. The predicted molar refractivity (Wildman–Crippen MR) is 126 cm³/mol. The van der Waals surface area contributed by atoms with Crippen LogP contribution in [0.5, 0.6) is 5.75 Å². The standard InChI is InChI=1S/C25H33N5O5/c1-29(17-9-10-17)25(32)34-14-20-23(27-28-30(20)2)19-11-12-21(22(26-19)15-7-8-15)35-18-6-4-5-16(13-18)24(31)33-3/h11-12,15-18H,4-10,13-14H2,1-3H3/t16-,18-/m0/s1. The number of esters is 1. The SMILES string of the molecule is COC(=O)[C@H]1CCC[C@H](Oc2ccc(-c3nnn(C)c3COC(=O)N(C)C3CC3)nc2C2CC2)C1. The van der Waals surface area contributed by atoms with Crippen LogP contribution in [0.4, 0.5) is 4.79 Å². The lowest BCUT2D eigenvalue weighted by molar-refractivity contribution is -0.147. The molecule has 2 heterocycles. The fourth-order valence-electron chi connectivity index (χ4n) is 4.74. The third-order valence-electron chi connectivity index (χ3n) is 7.20. The van der Waals surface area contributed by atoms with Crippen LogP contribution in [0.3, 0.4) is 0 Å². The van der Waals surface area contributed by atoms with E-state index < -0.39 is 0 Å². The third kappa shape index (κ3) is 5.26. The number of hydrogen-bond acceptors (Lipinski definition) is 8. The van der Waals surface area contributed by atoms with Crippen molar-refractivity contribution in [3.05, 3.63) is 23.5 Å². The second kappa shape index (κ2) is 9.83. The zero-order chi connectivity index (χ0) is 24.5. The molecule has 35 heavy (non-hydrogen) atoms. The molecule has 10 nitrogen and oxygen atoms in total. The molecule has 0 radical (unpaired) electrons. The monoisotopic (exact) mass is 483 g/mol. The van der Waals surface area contributed by atoms with Crippen LogP contribution in [0.15, 0.2) is 12.1 Å². The Morgan fingerprint density at radius 1 is 1.14 bits per heavy atom. The molecule has 2 atom stereocenters. The Labute approximate surface area is 204 Å². The number of nitrogens with zero attached hydrogens (tertiary/aromatic N) is 5. The first-order valence-electron chi connectivity index (χ1n) is 12.5. The van der Waals surface area contributed by atoms with Gasteiger partial charge in [-0.15, -0.1) is 5.10 Å². The topological polar surface area (TPSA) is 109 Å². The summed E-state index contributed by atoms with van der Waals surface area (Å²) >= 11 is 0. The third-order valence-corrected chi connectivity index (χ3v) is 7.20. The zero-order valence-corrected chi connectivity index (χ0v) is 20.6. The quantitative estimate of drug-likeness (QED) is 0.524. The normalized spacial score (nSPS) is 21.9. The van der Waals surface area contributed by atoms with Gasteiger partial charge in [0.1, 0.15) is 23.7 Å². The molecular weight excluding hydrogens is 450 g/mol. The second-order valence-corrected chi connectivity index (χ2v) is 9.89. The van der Waals surface area contributed by atoms with E-state index in [1.807, 2.05) is 12.1 Å². The van der Waals surface area contributed by atoms with E-state index >= 15 is 0 Å². The van der Waals surface area contributed by atoms with Crippen LogP contribution in [0.25, 0.3) is 11.4 Å². The number of methoxy groups -OCH3 is 1. The molecule has 0 aromatic carbocycles. The average molecular weight is 484 g/mol. The average Bonchev–Trinajstić information content (AvgIpc) is 3.80. The summed E-state index contributed by atoms with van der Waals surface area (Å²) < 4.78 is 18.5. The van der Waals surface area contributed by atoms with E-state index in [1.165, 1.54) is 7.11 Å². The van der Waals surface area contributed by atoms with E-state index in [0.717, 1.165) is 56.4 Å². The fraction of sp³-hybridized carbons (Fsp3) is 0.640. The van der Waals surface area contributed by atoms with Crippen molar-refractivity contribution in [2.24, 2.45) is 13.0 Å². The summed E-state index contributed by atoms with van der Waals surface area (Å²) in [5.74, 6) is 0.859. The Hall–Kier alpha value is -3.17. The number of carbonyl (C=O) groups is 2. The van der Waals surface area contributed by atoms with Crippen LogP contribution in [-0.2, 0) is 27.9 Å². The smallest absolute Gasteiger partial charge is 0.410 e. The van der Waals surface area contributed by atoms with Crippen molar-refractivity contribution in [1.29, 1.82) is 0 Å². The van der Waals surface area contributed by atoms with Gasteiger partial charge in [-0.2, -0.15) is 0 Å². The van der Waals surface area contributed by atoms with Crippen LogP contribution in [0.2, 0.25) is 0 Å². The summed E-state index contributed by atoms with van der Waals surface area (Å²) in [6.45, 7) is 0.0738. The summed E-state index contributed by atoms with van der Waals surface area (Å²) in [5, 5.41) is 8.46. The van der Waals surface area contributed by atoms with Gasteiger partial charge in [0, 0.05) is 26.1 Å². The molecule has 0 N–H and O–H groups in total. The summed E-state index contributed by atoms with van der Waals surface area (Å²) in [6.07, 6.45) is 7.17. The molecule has 0 aliphatic heterocycles. The predicted octanol–water partition coefficient (Wildman–Crippen LogP) is 3.60. The molecule has 3 aliphatic carbocycles. The van der Waals surface area contributed by atoms with Crippen molar-refractivity contribution < 1.29 is 23.8 Å². The zero-order valence-electron chi connectivity index (χ0n) is 20.6. The highest BCUT2D eigenvalue weighted by molar-refractivity contribution is 5.72. The Morgan fingerprint density at radius 2 is 1.94 bits per heavy atom. The lowest BCUT2D eigenvalue weighted by atomic mass is 9.87. The minimum absolute atomic E-state index is 0.0343. The highest BCUT2D eigenvalue weighted by Gasteiger charge is 2.34. The highest BCUT2D eigenvalue weighted by Crippen LogP contribution is 2.45. The van der Waals surface area contributed by atoms with Crippen molar-refractivity contribution >= 4 is 12.1 Å². The van der Waals surface area contributed by atoms with Gasteiger partial charge in [0.05, 0.1) is 30.5 Å². The Bertz CT molecular complexity index is 1090. The number of pyridine rings is 1. The van der Waals surface area contributed by atoms with Crippen molar-refractivity contribution in [2.75, 3.05) is 14.2 Å². The molecule has 3 saturated carbocycles. The number of hydrogen-bond donors (Lipinski definition) is 0. The summed E-state index contributed by atoms with van der Waals surface area (Å²) in [6, 6.07) is 4.12. The van der Waals surface area contributed by atoms with E-state index in [0.29, 0.717) is 29.4 Å². The van der Waals surface area contributed by atoms with Gasteiger partial charge >= 0.3 is 12.1 Å². The van der Waals surface area contributed by atoms with E-state index in [1.54, 1.807) is 23.7 Å². The Balaban J connectivity index is 1.32. The molecule has 188 valence electrons. The molecule has 3 fully saturated rings. The van der Waals surface area contributed by atoms with Crippen molar-refractivity contribution in [1.82, 2.24) is 24.9 Å². The van der Waals surface area contributed by atoms with Crippen molar-refractivity contribution in [2.45, 2.75) is 76.0 Å². The molecule has 2 aromatic rings. The Morgan fingerprint density at radius 3 is 2.66 bits per heavy atom. The molecule has 0 saturated heterocycles. The van der Waals surface area contributed by atoms with Crippen LogP contribution >= 0.6 is 0 Å². The summed E-state index contributed by atoms with van der Waals surface area (Å²) in [4.78, 5) is 30.9. The molecule has 1 amide bonds. The minimum Gasteiger partial charge on any atom is -0.488 e. The number of ether oxygens (including phenoxy) is 3. The molecule has 10 heteroatoms. The molecule has 0 bridgehead atoms. The van der Waals surface area contributed by atoms with Crippen LogP contribution < -0.4 is 4.74 Å². The maximum absolute atomic E-state index is 12.3. The maximum Gasteiger partial charge on any atom is 0.410 e. The lowest BCUT2D eigenvalue weighted by Crippen LogP contribution is -2.30. The number of rotatable bonds is 8. The molecule has 0 unspecified atom stereocenters. The van der Waals surface area contributed by atoms with Crippen molar-refractivity contribution in [3.8, 4) is 17.1 Å². The van der Waals surface area contributed by atoms with Gasteiger partial charge in [0.25, 0.3) is 0 Å². The van der Waals surface area contributed by atoms with Crippen molar-refractivity contribution in [3.63, 3.8) is 0 Å². The molecule has 0 spiro atoms. The van der Waals surface area contributed by atoms with Crippen LogP contribution in [0.1, 0.15) is 68.7 Å². The van der Waals surface area contributed by atoms with Crippen LogP contribution in [-0.4, -0.2) is 63.2 Å². The number of carbonyl (C=O) groups excluding carboxylic acids is 2. The van der Waals surface area contributed by atoms with E-state index in [2.05, 4.69) is 10.3 Å². The van der Waals surface area contributed by atoms with E-state index in [9.17, 15) is 9.59 Å². The fourth-order valence-corrected chi connectivity index (χ4v) is 4.74. The van der Waals surface area contributed by atoms with Crippen LogP contribution in [0, 0.1) is 5.92 Å². The first-order chi connectivity index (χ1) is 16.9. The van der Waals surface area contributed by atoms with Gasteiger partial charge in [-0.05, 0) is 63.5 Å². The maximum atomic E-state index is 12.3. The molecule has 2 aromatic heterocycles. The van der Waals surface area contributed by atoms with Gasteiger partial charge in [0.2, 0.25) is 0 Å². The number of aromatic nitrogens is 4. The Kier molecular flexibility index (Phi) is 6.62.